The minimum Gasteiger partial charge on any atom is -0.352 e. The average molecular weight is 414 g/mol. The van der Waals surface area contributed by atoms with Gasteiger partial charge in [-0.3, -0.25) is 14.2 Å². The lowest BCUT2D eigenvalue weighted by Crippen LogP contribution is -2.27. The van der Waals surface area contributed by atoms with Crippen LogP contribution in [0, 0.1) is 13.8 Å². The topological polar surface area (TPSA) is 64.0 Å². The van der Waals surface area contributed by atoms with E-state index in [4.69, 9.17) is 0 Å². The van der Waals surface area contributed by atoms with Gasteiger partial charge in [0.05, 0.1) is 17.2 Å². The summed E-state index contributed by atoms with van der Waals surface area (Å²) in [5.74, 6) is -0.0915. The van der Waals surface area contributed by atoms with Crippen LogP contribution in [0.5, 0.6) is 0 Å². The highest BCUT2D eigenvalue weighted by Gasteiger charge is 2.08. The molecule has 0 aliphatic carbocycles. The lowest BCUT2D eigenvalue weighted by molar-refractivity contribution is -0.121. The zero-order valence-corrected chi connectivity index (χ0v) is 16.3. The number of fused-ring (bicyclic) bond motifs is 1. The molecule has 0 saturated carbocycles. The van der Waals surface area contributed by atoms with E-state index < -0.39 is 0 Å². The van der Waals surface area contributed by atoms with Gasteiger partial charge in [-0.25, -0.2) is 4.98 Å². The van der Waals surface area contributed by atoms with Crippen molar-refractivity contribution in [2.24, 2.45) is 0 Å². The lowest BCUT2D eigenvalue weighted by Gasteiger charge is -2.10. The highest BCUT2D eigenvalue weighted by molar-refractivity contribution is 9.10. The van der Waals surface area contributed by atoms with E-state index in [9.17, 15) is 9.59 Å². The molecular weight excluding hydrogens is 394 g/mol. The van der Waals surface area contributed by atoms with Gasteiger partial charge in [0, 0.05) is 24.0 Å². The Labute approximate surface area is 160 Å². The Kier molecular flexibility index (Phi) is 5.52. The molecule has 3 rings (SSSR count). The second kappa shape index (κ2) is 7.83. The van der Waals surface area contributed by atoms with Gasteiger partial charge in [0.1, 0.15) is 0 Å². The number of nitrogens with zero attached hydrogens (tertiary/aromatic N) is 2. The summed E-state index contributed by atoms with van der Waals surface area (Å²) in [6, 6.07) is 11.6. The summed E-state index contributed by atoms with van der Waals surface area (Å²) in [4.78, 5) is 28.9. The second-order valence-electron chi connectivity index (χ2n) is 6.36. The zero-order valence-electron chi connectivity index (χ0n) is 14.8. The van der Waals surface area contributed by atoms with Crippen molar-refractivity contribution in [2.45, 2.75) is 33.4 Å². The number of carbonyl (C=O) groups is 1. The molecular formula is C20H20BrN3O2. The summed E-state index contributed by atoms with van der Waals surface area (Å²) in [5, 5.41) is 3.45. The normalized spacial score (nSPS) is 10.9. The predicted molar refractivity (Wildman–Crippen MR) is 106 cm³/mol. The quantitative estimate of drug-likeness (QED) is 0.696. The van der Waals surface area contributed by atoms with Crippen molar-refractivity contribution in [3.8, 4) is 0 Å². The largest absolute Gasteiger partial charge is 0.352 e. The van der Waals surface area contributed by atoms with E-state index in [0.717, 1.165) is 15.6 Å². The Morgan fingerprint density at radius 3 is 2.77 bits per heavy atom. The molecule has 0 bridgehead atoms. The number of benzene rings is 2. The third-order valence-corrected chi connectivity index (χ3v) is 4.83. The minimum atomic E-state index is -0.140. The first kappa shape index (κ1) is 18.3. The highest BCUT2D eigenvalue weighted by atomic mass is 79.9. The van der Waals surface area contributed by atoms with Crippen LogP contribution in [0.4, 0.5) is 0 Å². The molecule has 134 valence electrons. The molecule has 5 nitrogen and oxygen atoms in total. The molecule has 3 aromatic rings. The van der Waals surface area contributed by atoms with E-state index in [0.29, 0.717) is 24.0 Å². The van der Waals surface area contributed by atoms with E-state index in [-0.39, 0.29) is 17.9 Å². The molecule has 26 heavy (non-hydrogen) atoms. The van der Waals surface area contributed by atoms with Crippen molar-refractivity contribution in [1.82, 2.24) is 14.9 Å². The monoisotopic (exact) mass is 413 g/mol. The van der Waals surface area contributed by atoms with Gasteiger partial charge in [0.25, 0.3) is 5.56 Å². The fourth-order valence-electron chi connectivity index (χ4n) is 2.84. The smallest absolute Gasteiger partial charge is 0.261 e. The van der Waals surface area contributed by atoms with Crippen LogP contribution < -0.4 is 10.9 Å². The lowest BCUT2D eigenvalue weighted by atomic mass is 10.1. The number of aryl methyl sites for hydroxylation is 3. The standard InChI is InChI=1S/C20H20BrN3O2/c1-13-3-4-15(14(2)9-13)11-22-19(25)7-8-24-12-23-18-6-5-16(21)10-17(18)20(24)26/h3-6,9-10,12H,7-8,11H2,1-2H3,(H,22,25). The molecule has 2 aromatic carbocycles. The molecule has 0 fully saturated rings. The molecule has 0 atom stereocenters. The van der Waals surface area contributed by atoms with Crippen molar-refractivity contribution in [2.75, 3.05) is 0 Å². The van der Waals surface area contributed by atoms with Crippen molar-refractivity contribution in [3.05, 3.63) is 74.2 Å². The number of hydrogen-bond donors (Lipinski definition) is 1. The van der Waals surface area contributed by atoms with Gasteiger partial charge in [0.2, 0.25) is 5.91 Å². The molecule has 0 unspecified atom stereocenters. The van der Waals surface area contributed by atoms with Gasteiger partial charge < -0.3 is 5.32 Å². The molecule has 0 saturated heterocycles. The molecule has 0 aliphatic heterocycles. The van der Waals surface area contributed by atoms with Crippen LogP contribution in [0.2, 0.25) is 0 Å². The maximum Gasteiger partial charge on any atom is 0.261 e. The van der Waals surface area contributed by atoms with E-state index in [1.807, 2.05) is 32.0 Å². The Morgan fingerprint density at radius 1 is 1.19 bits per heavy atom. The number of halogens is 1. The van der Waals surface area contributed by atoms with Gasteiger partial charge >= 0.3 is 0 Å². The molecule has 0 aliphatic rings. The van der Waals surface area contributed by atoms with Crippen molar-refractivity contribution < 1.29 is 4.79 Å². The van der Waals surface area contributed by atoms with Gasteiger partial charge in [-0.1, -0.05) is 39.7 Å². The summed E-state index contributed by atoms with van der Waals surface area (Å²) in [6.45, 7) is 4.87. The Balaban J connectivity index is 1.63. The zero-order chi connectivity index (χ0) is 18.7. The van der Waals surface area contributed by atoms with Crippen molar-refractivity contribution in [1.29, 1.82) is 0 Å². The first-order valence-corrected chi connectivity index (χ1v) is 9.21. The average Bonchev–Trinajstić information content (AvgIpc) is 2.61. The third kappa shape index (κ3) is 4.19. The maximum atomic E-state index is 12.5. The Bertz CT molecular complexity index is 1030. The number of nitrogens with one attached hydrogen (secondary N) is 1. The summed E-state index contributed by atoms with van der Waals surface area (Å²) in [7, 11) is 0. The van der Waals surface area contributed by atoms with Crippen LogP contribution in [-0.2, 0) is 17.9 Å². The summed E-state index contributed by atoms with van der Waals surface area (Å²) < 4.78 is 2.30. The minimum absolute atomic E-state index is 0.0915. The van der Waals surface area contributed by atoms with Crippen LogP contribution in [-0.4, -0.2) is 15.5 Å². The predicted octanol–water partition coefficient (Wildman–Crippen LogP) is 3.48. The van der Waals surface area contributed by atoms with Gasteiger partial charge in [-0.05, 0) is 43.2 Å². The summed E-state index contributed by atoms with van der Waals surface area (Å²) in [5.41, 5.74) is 3.96. The number of amides is 1. The van der Waals surface area contributed by atoms with E-state index in [1.165, 1.54) is 16.5 Å². The van der Waals surface area contributed by atoms with Crippen LogP contribution >= 0.6 is 15.9 Å². The van der Waals surface area contributed by atoms with E-state index >= 15 is 0 Å². The van der Waals surface area contributed by atoms with Gasteiger partial charge in [-0.15, -0.1) is 0 Å². The first-order chi connectivity index (χ1) is 12.4. The van der Waals surface area contributed by atoms with Crippen molar-refractivity contribution >= 4 is 32.7 Å². The van der Waals surface area contributed by atoms with Crippen molar-refractivity contribution in [3.63, 3.8) is 0 Å². The first-order valence-electron chi connectivity index (χ1n) is 8.41. The van der Waals surface area contributed by atoms with Crippen LogP contribution in [0.3, 0.4) is 0 Å². The summed E-state index contributed by atoms with van der Waals surface area (Å²) in [6.07, 6.45) is 1.72. The maximum absolute atomic E-state index is 12.5. The number of rotatable bonds is 5. The molecule has 1 aromatic heterocycles. The molecule has 0 radical (unpaired) electrons. The Hall–Kier alpha value is -2.47. The third-order valence-electron chi connectivity index (χ3n) is 4.34. The molecule has 1 amide bonds. The summed E-state index contributed by atoms with van der Waals surface area (Å²) >= 11 is 3.37. The molecule has 1 N–H and O–H groups in total. The second-order valence-corrected chi connectivity index (χ2v) is 7.28. The van der Waals surface area contributed by atoms with Crippen LogP contribution in [0.25, 0.3) is 10.9 Å². The molecule has 0 spiro atoms. The van der Waals surface area contributed by atoms with E-state index in [2.05, 4.69) is 32.3 Å². The highest BCUT2D eigenvalue weighted by Crippen LogP contribution is 2.15. The fourth-order valence-corrected chi connectivity index (χ4v) is 3.20. The fraction of sp³-hybridized carbons (Fsp3) is 0.250. The van der Waals surface area contributed by atoms with Crippen LogP contribution in [0.15, 0.2) is 52.0 Å². The number of aromatic nitrogens is 2. The van der Waals surface area contributed by atoms with Crippen LogP contribution in [0.1, 0.15) is 23.1 Å². The molecule has 1 heterocycles. The number of carbonyl (C=O) groups excluding carboxylic acids is 1. The molecule has 6 heteroatoms. The number of hydrogen-bond acceptors (Lipinski definition) is 3. The van der Waals surface area contributed by atoms with E-state index in [1.54, 1.807) is 12.1 Å². The van der Waals surface area contributed by atoms with Gasteiger partial charge in [-0.2, -0.15) is 0 Å². The SMILES string of the molecule is Cc1ccc(CNC(=O)CCn2cnc3ccc(Br)cc3c2=O)c(C)c1. The Morgan fingerprint density at radius 2 is 2.00 bits per heavy atom. The van der Waals surface area contributed by atoms with Gasteiger partial charge in [0.15, 0.2) is 0 Å².